The lowest BCUT2D eigenvalue weighted by Gasteiger charge is -2.32. The molecule has 1 saturated carbocycles. The first kappa shape index (κ1) is 17.5. The van der Waals surface area contributed by atoms with Gasteiger partial charge in [0.25, 0.3) is 0 Å². The highest BCUT2D eigenvalue weighted by molar-refractivity contribution is 5.88. The van der Waals surface area contributed by atoms with E-state index in [4.69, 9.17) is 4.74 Å². The number of aromatic nitrogens is 2. The van der Waals surface area contributed by atoms with Gasteiger partial charge in [0, 0.05) is 36.3 Å². The van der Waals surface area contributed by atoms with Crippen molar-refractivity contribution in [2.75, 3.05) is 13.1 Å². The van der Waals surface area contributed by atoms with E-state index in [1.165, 1.54) is 5.56 Å². The Labute approximate surface area is 164 Å². The molecule has 1 spiro atoms. The molecule has 1 aliphatic carbocycles. The van der Waals surface area contributed by atoms with Crippen molar-refractivity contribution in [1.29, 1.82) is 0 Å². The van der Waals surface area contributed by atoms with Crippen LogP contribution in [0.5, 0.6) is 0 Å². The molecule has 1 aromatic carbocycles. The van der Waals surface area contributed by atoms with Crippen molar-refractivity contribution in [3.63, 3.8) is 0 Å². The molecule has 0 bridgehead atoms. The molecule has 28 heavy (non-hydrogen) atoms. The summed E-state index contributed by atoms with van der Waals surface area (Å²) in [5.41, 5.74) is 3.86. The number of nitrogens with one attached hydrogen (secondary N) is 1. The molecule has 2 aromatic rings. The molecule has 2 fully saturated rings. The molecule has 1 amide bonds. The van der Waals surface area contributed by atoms with Gasteiger partial charge in [-0.05, 0) is 32.1 Å². The third-order valence-corrected chi connectivity index (χ3v) is 6.65. The SMILES string of the molecule is O=C1CC(C(=O)N2CCc3[nH]nc(-c4ccccc4)c3CC2)C2(CCCC2)O1. The Balaban J connectivity index is 1.36. The molecular weight excluding hydrogens is 354 g/mol. The van der Waals surface area contributed by atoms with E-state index in [0.29, 0.717) is 13.1 Å². The van der Waals surface area contributed by atoms with E-state index in [2.05, 4.69) is 22.3 Å². The van der Waals surface area contributed by atoms with E-state index >= 15 is 0 Å². The van der Waals surface area contributed by atoms with Gasteiger partial charge < -0.3 is 9.64 Å². The average Bonchev–Trinajstić information content (AvgIpc) is 3.38. The number of rotatable bonds is 2. The van der Waals surface area contributed by atoms with Gasteiger partial charge in [-0.15, -0.1) is 0 Å². The van der Waals surface area contributed by atoms with Crippen LogP contribution in [-0.4, -0.2) is 45.7 Å². The summed E-state index contributed by atoms with van der Waals surface area (Å²) in [6.45, 7) is 1.31. The summed E-state index contributed by atoms with van der Waals surface area (Å²) in [4.78, 5) is 27.3. The number of H-pyrrole nitrogens is 1. The topological polar surface area (TPSA) is 75.3 Å². The molecule has 1 aromatic heterocycles. The lowest BCUT2D eigenvalue weighted by molar-refractivity contribution is -0.151. The maximum atomic E-state index is 13.4. The van der Waals surface area contributed by atoms with Crippen molar-refractivity contribution in [3.8, 4) is 11.3 Å². The maximum absolute atomic E-state index is 13.4. The summed E-state index contributed by atoms with van der Waals surface area (Å²) < 4.78 is 5.69. The van der Waals surface area contributed by atoms with Crippen LogP contribution in [0.1, 0.15) is 43.4 Å². The zero-order valence-electron chi connectivity index (χ0n) is 15.9. The zero-order valence-corrected chi connectivity index (χ0v) is 15.9. The second-order valence-corrected chi connectivity index (χ2v) is 8.22. The van der Waals surface area contributed by atoms with Gasteiger partial charge in [-0.1, -0.05) is 30.3 Å². The molecule has 1 N–H and O–H groups in total. The Bertz CT molecular complexity index is 899. The zero-order chi connectivity index (χ0) is 19.1. The number of ether oxygens (including phenoxy) is 1. The number of nitrogens with zero attached hydrogens (tertiary/aromatic N) is 2. The summed E-state index contributed by atoms with van der Waals surface area (Å²) in [6.07, 6.45) is 5.48. The van der Waals surface area contributed by atoms with Crippen LogP contribution >= 0.6 is 0 Å². The molecule has 3 aliphatic rings. The number of fused-ring (bicyclic) bond motifs is 1. The van der Waals surface area contributed by atoms with E-state index in [0.717, 1.165) is 55.5 Å². The summed E-state index contributed by atoms with van der Waals surface area (Å²) in [7, 11) is 0. The normalized spacial score (nSPS) is 23.5. The van der Waals surface area contributed by atoms with Crippen molar-refractivity contribution < 1.29 is 14.3 Å². The Morgan fingerprint density at radius 1 is 1.14 bits per heavy atom. The molecule has 6 heteroatoms. The summed E-state index contributed by atoms with van der Waals surface area (Å²) in [5, 5.41) is 7.71. The Hall–Kier alpha value is -2.63. The minimum Gasteiger partial charge on any atom is -0.458 e. The molecule has 5 rings (SSSR count). The standard InChI is InChI=1S/C22H25N3O3/c26-19-14-17(22(28-19)10-4-5-11-22)21(27)25-12-8-16-18(9-13-25)23-24-20(16)15-6-2-1-3-7-15/h1-3,6-7,17H,4-5,8-14H2,(H,23,24). The van der Waals surface area contributed by atoms with Crippen LogP contribution in [0.25, 0.3) is 11.3 Å². The van der Waals surface area contributed by atoms with Crippen molar-refractivity contribution in [2.24, 2.45) is 5.92 Å². The summed E-state index contributed by atoms with van der Waals surface area (Å²) in [6, 6.07) is 10.2. The largest absolute Gasteiger partial charge is 0.458 e. The van der Waals surface area contributed by atoms with Gasteiger partial charge in [-0.3, -0.25) is 14.7 Å². The molecule has 6 nitrogen and oxygen atoms in total. The molecule has 1 atom stereocenters. The number of carbonyl (C=O) groups excluding carboxylic acids is 2. The van der Waals surface area contributed by atoms with Gasteiger partial charge in [0.1, 0.15) is 5.60 Å². The highest BCUT2D eigenvalue weighted by atomic mass is 16.6. The van der Waals surface area contributed by atoms with Gasteiger partial charge in [0.05, 0.1) is 18.0 Å². The first-order valence-electron chi connectivity index (χ1n) is 10.3. The van der Waals surface area contributed by atoms with Crippen molar-refractivity contribution in [2.45, 2.75) is 50.5 Å². The molecule has 1 saturated heterocycles. The number of carbonyl (C=O) groups is 2. The van der Waals surface area contributed by atoms with Crippen molar-refractivity contribution in [1.82, 2.24) is 15.1 Å². The fourth-order valence-corrected chi connectivity index (χ4v) is 5.19. The first-order valence-corrected chi connectivity index (χ1v) is 10.3. The van der Waals surface area contributed by atoms with Crippen LogP contribution in [0.3, 0.4) is 0 Å². The van der Waals surface area contributed by atoms with E-state index < -0.39 is 5.60 Å². The van der Waals surface area contributed by atoms with E-state index in [9.17, 15) is 9.59 Å². The minimum atomic E-state index is -0.536. The molecule has 3 heterocycles. The Kier molecular flexibility index (Phi) is 4.22. The lowest BCUT2D eigenvalue weighted by Crippen LogP contribution is -2.45. The van der Waals surface area contributed by atoms with E-state index in [-0.39, 0.29) is 24.2 Å². The van der Waals surface area contributed by atoms with Gasteiger partial charge in [-0.2, -0.15) is 5.10 Å². The van der Waals surface area contributed by atoms with Crippen LogP contribution < -0.4 is 0 Å². The monoisotopic (exact) mass is 379 g/mol. The molecule has 1 unspecified atom stereocenters. The van der Waals surface area contributed by atoms with Crippen molar-refractivity contribution >= 4 is 11.9 Å². The minimum absolute atomic E-state index is 0.0899. The summed E-state index contributed by atoms with van der Waals surface area (Å²) in [5.74, 6) is -0.436. The van der Waals surface area contributed by atoms with Crippen LogP contribution in [-0.2, 0) is 27.2 Å². The smallest absolute Gasteiger partial charge is 0.307 e. The second-order valence-electron chi connectivity index (χ2n) is 8.22. The molecular formula is C22H25N3O3. The molecule has 0 radical (unpaired) electrons. The van der Waals surface area contributed by atoms with Gasteiger partial charge in [0.2, 0.25) is 5.91 Å². The number of esters is 1. The average molecular weight is 379 g/mol. The quantitative estimate of drug-likeness (QED) is 0.814. The molecule has 146 valence electrons. The number of hydrogen-bond acceptors (Lipinski definition) is 4. The highest BCUT2D eigenvalue weighted by Crippen LogP contribution is 2.46. The Morgan fingerprint density at radius 2 is 1.89 bits per heavy atom. The predicted octanol–water partition coefficient (Wildman–Crippen LogP) is 2.88. The summed E-state index contributed by atoms with van der Waals surface area (Å²) >= 11 is 0. The Morgan fingerprint density at radius 3 is 2.68 bits per heavy atom. The van der Waals surface area contributed by atoms with Crippen LogP contribution in [0, 0.1) is 5.92 Å². The number of hydrogen-bond donors (Lipinski definition) is 1. The highest BCUT2D eigenvalue weighted by Gasteiger charge is 2.54. The van der Waals surface area contributed by atoms with Gasteiger partial charge >= 0.3 is 5.97 Å². The van der Waals surface area contributed by atoms with Crippen LogP contribution in [0.4, 0.5) is 0 Å². The third kappa shape index (κ3) is 2.82. The fourth-order valence-electron chi connectivity index (χ4n) is 5.19. The number of benzene rings is 1. The second kappa shape index (κ2) is 6.76. The number of aromatic amines is 1. The van der Waals surface area contributed by atoms with Crippen LogP contribution in [0.2, 0.25) is 0 Å². The third-order valence-electron chi connectivity index (χ3n) is 6.65. The number of amides is 1. The van der Waals surface area contributed by atoms with Gasteiger partial charge in [0.15, 0.2) is 0 Å². The van der Waals surface area contributed by atoms with Crippen molar-refractivity contribution in [3.05, 3.63) is 41.6 Å². The lowest BCUT2D eigenvalue weighted by atomic mass is 9.84. The van der Waals surface area contributed by atoms with Crippen LogP contribution in [0.15, 0.2) is 30.3 Å². The predicted molar refractivity (Wildman–Crippen MR) is 103 cm³/mol. The van der Waals surface area contributed by atoms with E-state index in [1.807, 2.05) is 23.1 Å². The molecule has 2 aliphatic heterocycles. The maximum Gasteiger partial charge on any atom is 0.307 e. The fraction of sp³-hybridized carbons (Fsp3) is 0.500. The first-order chi connectivity index (χ1) is 13.7. The van der Waals surface area contributed by atoms with Gasteiger partial charge in [-0.25, -0.2) is 0 Å². The van der Waals surface area contributed by atoms with E-state index in [1.54, 1.807) is 0 Å².